The van der Waals surface area contributed by atoms with Crippen LogP contribution in [-0.2, 0) is 17.6 Å². The van der Waals surface area contributed by atoms with E-state index in [1.165, 1.54) is 11.1 Å². The maximum absolute atomic E-state index is 12.5. The quantitative estimate of drug-likeness (QED) is 0.869. The molecule has 0 radical (unpaired) electrons. The first-order chi connectivity index (χ1) is 10.2. The van der Waals surface area contributed by atoms with Crippen molar-refractivity contribution < 1.29 is 9.53 Å². The molecule has 0 saturated heterocycles. The zero-order valence-corrected chi connectivity index (χ0v) is 13.2. The van der Waals surface area contributed by atoms with E-state index in [0.717, 1.165) is 23.6 Å². The topological polar surface area (TPSA) is 29.5 Å². The minimum absolute atomic E-state index is 0.108. The normalized spacial score (nSPS) is 17.4. The predicted octanol–water partition coefficient (Wildman–Crippen LogP) is 3.45. The number of thiophene rings is 1. The fraction of sp³-hybridized carbons (Fsp3) is 0.353. The second-order valence-electron chi connectivity index (χ2n) is 5.33. The molecule has 1 aliphatic rings. The fourth-order valence-electron chi connectivity index (χ4n) is 2.92. The van der Waals surface area contributed by atoms with Gasteiger partial charge >= 0.3 is 0 Å². The lowest BCUT2D eigenvalue weighted by molar-refractivity contribution is -0.132. The van der Waals surface area contributed by atoms with Crippen LogP contribution in [0.4, 0.5) is 0 Å². The lowest BCUT2D eigenvalue weighted by atomic mass is 9.93. The van der Waals surface area contributed by atoms with Crippen molar-refractivity contribution in [3.05, 3.63) is 51.7 Å². The van der Waals surface area contributed by atoms with Crippen molar-refractivity contribution in [2.75, 3.05) is 13.7 Å². The van der Waals surface area contributed by atoms with E-state index in [1.54, 1.807) is 18.4 Å². The van der Waals surface area contributed by atoms with Gasteiger partial charge < -0.3 is 9.64 Å². The molecule has 21 heavy (non-hydrogen) atoms. The SMILES string of the molecule is COc1ccc2c(c1)C(C)N(C(=O)Cc1cccs1)CC2. The van der Waals surface area contributed by atoms with Crippen LogP contribution in [0.15, 0.2) is 35.7 Å². The van der Waals surface area contributed by atoms with Crippen molar-refractivity contribution >= 4 is 17.2 Å². The Kier molecular flexibility index (Phi) is 3.97. The minimum Gasteiger partial charge on any atom is -0.497 e. The van der Waals surface area contributed by atoms with Gasteiger partial charge in [-0.25, -0.2) is 0 Å². The van der Waals surface area contributed by atoms with Crippen molar-refractivity contribution in [2.24, 2.45) is 0 Å². The van der Waals surface area contributed by atoms with Crippen molar-refractivity contribution in [3.8, 4) is 5.75 Å². The standard InChI is InChI=1S/C17H19NO2S/c1-12-16-10-14(20-2)6-5-13(16)7-8-18(12)17(19)11-15-4-3-9-21-15/h3-6,9-10,12H,7-8,11H2,1-2H3. The van der Waals surface area contributed by atoms with Gasteiger partial charge in [0.15, 0.2) is 0 Å². The van der Waals surface area contributed by atoms with Crippen LogP contribution >= 0.6 is 11.3 Å². The Morgan fingerprint density at radius 1 is 1.43 bits per heavy atom. The van der Waals surface area contributed by atoms with Gasteiger partial charge in [0, 0.05) is 11.4 Å². The third-order valence-electron chi connectivity index (χ3n) is 4.12. The number of ether oxygens (including phenoxy) is 1. The molecular formula is C17H19NO2S. The van der Waals surface area contributed by atoms with Crippen LogP contribution in [0.5, 0.6) is 5.75 Å². The van der Waals surface area contributed by atoms with Crippen LogP contribution in [0.1, 0.15) is 29.0 Å². The van der Waals surface area contributed by atoms with Gasteiger partial charge in [-0.05, 0) is 48.1 Å². The molecule has 0 spiro atoms. The summed E-state index contributed by atoms with van der Waals surface area (Å²) in [6.45, 7) is 2.90. The Labute approximate surface area is 129 Å². The lowest BCUT2D eigenvalue weighted by Crippen LogP contribution is -2.39. The summed E-state index contributed by atoms with van der Waals surface area (Å²) >= 11 is 1.64. The van der Waals surface area contributed by atoms with Crippen molar-refractivity contribution in [1.29, 1.82) is 0 Å². The van der Waals surface area contributed by atoms with Crippen LogP contribution < -0.4 is 4.74 Å². The maximum atomic E-state index is 12.5. The summed E-state index contributed by atoms with van der Waals surface area (Å²) in [5.41, 5.74) is 2.53. The summed E-state index contributed by atoms with van der Waals surface area (Å²) in [6, 6.07) is 10.3. The molecule has 1 unspecified atom stereocenters. The summed E-state index contributed by atoms with van der Waals surface area (Å²) in [5, 5.41) is 2.02. The molecule has 0 bridgehead atoms. The Bertz CT molecular complexity index is 636. The number of carbonyl (C=O) groups is 1. The van der Waals surface area contributed by atoms with E-state index < -0.39 is 0 Å². The smallest absolute Gasteiger partial charge is 0.228 e. The Morgan fingerprint density at radius 2 is 2.29 bits per heavy atom. The fourth-order valence-corrected chi connectivity index (χ4v) is 3.62. The summed E-state index contributed by atoms with van der Waals surface area (Å²) in [7, 11) is 1.68. The monoisotopic (exact) mass is 301 g/mol. The Balaban J connectivity index is 1.80. The van der Waals surface area contributed by atoms with Gasteiger partial charge in [0.1, 0.15) is 5.75 Å². The number of benzene rings is 1. The van der Waals surface area contributed by atoms with E-state index in [1.807, 2.05) is 28.5 Å². The van der Waals surface area contributed by atoms with Gasteiger partial charge in [-0.3, -0.25) is 4.79 Å². The molecule has 1 aliphatic heterocycles. The van der Waals surface area contributed by atoms with Gasteiger partial charge in [0.2, 0.25) is 5.91 Å². The summed E-state index contributed by atoms with van der Waals surface area (Å²) in [5.74, 6) is 1.06. The zero-order valence-electron chi connectivity index (χ0n) is 12.3. The first kappa shape index (κ1) is 14.1. The van der Waals surface area contributed by atoms with E-state index in [-0.39, 0.29) is 11.9 Å². The number of carbonyl (C=O) groups excluding carboxylic acids is 1. The number of amides is 1. The molecule has 0 aliphatic carbocycles. The van der Waals surface area contributed by atoms with Gasteiger partial charge in [-0.2, -0.15) is 0 Å². The minimum atomic E-state index is 0.108. The maximum Gasteiger partial charge on any atom is 0.228 e. The third kappa shape index (κ3) is 2.81. The molecule has 1 atom stereocenters. The number of fused-ring (bicyclic) bond motifs is 1. The molecule has 110 valence electrons. The first-order valence-corrected chi connectivity index (χ1v) is 8.05. The molecule has 1 amide bonds. The lowest BCUT2D eigenvalue weighted by Gasteiger charge is -2.35. The Morgan fingerprint density at radius 3 is 3.00 bits per heavy atom. The molecule has 0 fully saturated rings. The number of rotatable bonds is 3. The molecule has 0 saturated carbocycles. The second-order valence-corrected chi connectivity index (χ2v) is 6.37. The molecule has 0 N–H and O–H groups in total. The van der Waals surface area contributed by atoms with Gasteiger partial charge in [-0.15, -0.1) is 11.3 Å². The molecule has 2 aromatic rings. The largest absolute Gasteiger partial charge is 0.497 e. The van der Waals surface area contributed by atoms with E-state index in [2.05, 4.69) is 19.1 Å². The number of methoxy groups -OCH3 is 1. The average molecular weight is 301 g/mol. The second kappa shape index (κ2) is 5.90. The number of nitrogens with zero attached hydrogens (tertiary/aromatic N) is 1. The van der Waals surface area contributed by atoms with E-state index in [0.29, 0.717) is 6.42 Å². The van der Waals surface area contributed by atoms with Crippen molar-refractivity contribution in [1.82, 2.24) is 4.90 Å². The van der Waals surface area contributed by atoms with Crippen LogP contribution in [0, 0.1) is 0 Å². The highest BCUT2D eigenvalue weighted by molar-refractivity contribution is 7.10. The molecule has 4 heteroatoms. The number of hydrogen-bond donors (Lipinski definition) is 0. The van der Waals surface area contributed by atoms with E-state index >= 15 is 0 Å². The van der Waals surface area contributed by atoms with E-state index in [9.17, 15) is 4.79 Å². The van der Waals surface area contributed by atoms with Crippen molar-refractivity contribution in [3.63, 3.8) is 0 Å². The van der Waals surface area contributed by atoms with Crippen LogP contribution in [0.2, 0.25) is 0 Å². The predicted molar refractivity (Wildman–Crippen MR) is 84.8 cm³/mol. The van der Waals surface area contributed by atoms with Crippen LogP contribution in [0.3, 0.4) is 0 Å². The number of hydrogen-bond acceptors (Lipinski definition) is 3. The average Bonchev–Trinajstić information content (AvgIpc) is 3.00. The van der Waals surface area contributed by atoms with Gasteiger partial charge in [0.05, 0.1) is 19.6 Å². The van der Waals surface area contributed by atoms with Crippen LogP contribution in [-0.4, -0.2) is 24.5 Å². The molecule has 3 rings (SSSR count). The van der Waals surface area contributed by atoms with Crippen molar-refractivity contribution in [2.45, 2.75) is 25.8 Å². The highest BCUT2D eigenvalue weighted by atomic mass is 32.1. The highest BCUT2D eigenvalue weighted by Gasteiger charge is 2.27. The van der Waals surface area contributed by atoms with Crippen LogP contribution in [0.25, 0.3) is 0 Å². The summed E-state index contributed by atoms with van der Waals surface area (Å²) < 4.78 is 5.31. The highest BCUT2D eigenvalue weighted by Crippen LogP contribution is 2.32. The Hall–Kier alpha value is -1.81. The first-order valence-electron chi connectivity index (χ1n) is 7.17. The molecule has 1 aromatic carbocycles. The zero-order chi connectivity index (χ0) is 14.8. The van der Waals surface area contributed by atoms with E-state index in [4.69, 9.17) is 4.74 Å². The summed E-state index contributed by atoms with van der Waals surface area (Å²) in [4.78, 5) is 15.7. The van der Waals surface area contributed by atoms with Gasteiger partial charge in [0.25, 0.3) is 0 Å². The molecule has 3 nitrogen and oxygen atoms in total. The summed E-state index contributed by atoms with van der Waals surface area (Å²) in [6.07, 6.45) is 1.42. The molecular weight excluding hydrogens is 282 g/mol. The third-order valence-corrected chi connectivity index (χ3v) is 4.99. The molecule has 2 heterocycles. The molecule has 1 aromatic heterocycles. The van der Waals surface area contributed by atoms with Gasteiger partial charge in [-0.1, -0.05) is 12.1 Å².